The Morgan fingerprint density at radius 3 is 2.60 bits per heavy atom. The van der Waals surface area contributed by atoms with Crippen molar-refractivity contribution in [3.8, 4) is 0 Å². The maximum absolute atomic E-state index is 12.4. The minimum absolute atomic E-state index is 0.0957. The van der Waals surface area contributed by atoms with Crippen molar-refractivity contribution in [2.45, 2.75) is 19.5 Å². The quantitative estimate of drug-likeness (QED) is 0.755. The summed E-state index contributed by atoms with van der Waals surface area (Å²) in [6.45, 7) is 1.46. The van der Waals surface area contributed by atoms with Gasteiger partial charge in [0, 0.05) is 5.57 Å². The molecule has 15 heavy (non-hydrogen) atoms. The van der Waals surface area contributed by atoms with Crippen molar-refractivity contribution < 1.29 is 18.3 Å². The summed E-state index contributed by atoms with van der Waals surface area (Å²) < 4.78 is 37.2. The highest BCUT2D eigenvalue weighted by molar-refractivity contribution is 5.34. The van der Waals surface area contributed by atoms with Crippen LogP contribution in [-0.4, -0.2) is 17.9 Å². The second kappa shape index (κ2) is 4.66. The van der Waals surface area contributed by atoms with E-state index in [4.69, 9.17) is 5.11 Å². The maximum Gasteiger partial charge on any atom is 0.412 e. The molecular weight excluding hydrogens is 205 g/mol. The summed E-state index contributed by atoms with van der Waals surface area (Å²) in [7, 11) is 0. The highest BCUT2D eigenvalue weighted by Crippen LogP contribution is 2.37. The van der Waals surface area contributed by atoms with Crippen molar-refractivity contribution in [2.24, 2.45) is 5.92 Å². The Morgan fingerprint density at radius 2 is 2.13 bits per heavy atom. The van der Waals surface area contributed by atoms with Crippen LogP contribution in [0.4, 0.5) is 13.2 Å². The lowest BCUT2D eigenvalue weighted by atomic mass is 9.88. The molecule has 0 aliphatic heterocycles. The molecule has 0 heterocycles. The molecule has 84 valence electrons. The molecule has 0 radical (unpaired) electrons. The Bertz CT molecular complexity index is 310. The summed E-state index contributed by atoms with van der Waals surface area (Å²) >= 11 is 0. The van der Waals surface area contributed by atoms with Crippen LogP contribution in [0, 0.1) is 5.92 Å². The first-order valence-corrected chi connectivity index (χ1v) is 4.70. The Hall–Kier alpha value is -1.03. The van der Waals surface area contributed by atoms with Crippen molar-refractivity contribution >= 4 is 0 Å². The number of allylic oxidation sites excluding steroid dienone is 5. The first-order chi connectivity index (χ1) is 6.95. The van der Waals surface area contributed by atoms with E-state index >= 15 is 0 Å². The first kappa shape index (κ1) is 12.0. The third kappa shape index (κ3) is 3.23. The van der Waals surface area contributed by atoms with Crippen LogP contribution in [0.5, 0.6) is 0 Å². The van der Waals surface area contributed by atoms with Gasteiger partial charge >= 0.3 is 6.18 Å². The van der Waals surface area contributed by atoms with Gasteiger partial charge in [0.25, 0.3) is 0 Å². The summed E-state index contributed by atoms with van der Waals surface area (Å²) in [5, 5.41) is 8.53. The molecule has 4 heteroatoms. The first-order valence-electron chi connectivity index (χ1n) is 4.70. The summed E-state index contributed by atoms with van der Waals surface area (Å²) in [4.78, 5) is 0. The molecule has 1 aliphatic carbocycles. The number of aliphatic hydroxyl groups is 1. The lowest BCUT2D eigenvalue weighted by Gasteiger charge is -2.22. The molecule has 1 aliphatic rings. The predicted octanol–water partition coefficient (Wildman–Crippen LogP) is 2.99. The van der Waals surface area contributed by atoms with Gasteiger partial charge in [-0.25, -0.2) is 0 Å². The zero-order chi connectivity index (χ0) is 11.5. The molecule has 0 bridgehead atoms. The van der Waals surface area contributed by atoms with E-state index in [0.717, 1.165) is 11.6 Å². The Morgan fingerprint density at radius 1 is 1.47 bits per heavy atom. The SMILES string of the molecule is CC1CC(/C=C/CO)=CC=C1C(F)(F)F. The number of alkyl halides is 3. The highest BCUT2D eigenvalue weighted by atomic mass is 19.4. The standard InChI is InChI=1S/C11H13F3O/c1-8-7-9(3-2-6-15)4-5-10(8)11(12,13)14/h2-5,8,15H,6-7H2,1H3/b3-2+. The van der Waals surface area contributed by atoms with Gasteiger partial charge in [-0.3, -0.25) is 0 Å². The van der Waals surface area contributed by atoms with Crippen LogP contribution in [0.2, 0.25) is 0 Å². The van der Waals surface area contributed by atoms with Crippen molar-refractivity contribution in [1.29, 1.82) is 0 Å². The normalized spacial score (nSPS) is 22.9. The largest absolute Gasteiger partial charge is 0.412 e. The van der Waals surface area contributed by atoms with Gasteiger partial charge in [-0.15, -0.1) is 0 Å². The minimum atomic E-state index is -4.23. The van der Waals surface area contributed by atoms with Crippen LogP contribution in [0.15, 0.2) is 35.5 Å². The fraction of sp³-hybridized carbons (Fsp3) is 0.455. The molecule has 1 atom stereocenters. The van der Waals surface area contributed by atoms with Crippen LogP contribution in [0.25, 0.3) is 0 Å². The molecule has 1 N–H and O–H groups in total. The fourth-order valence-corrected chi connectivity index (χ4v) is 1.59. The van der Waals surface area contributed by atoms with Gasteiger partial charge in [0.1, 0.15) is 0 Å². The number of hydrogen-bond donors (Lipinski definition) is 1. The average molecular weight is 218 g/mol. The topological polar surface area (TPSA) is 20.2 Å². The maximum atomic E-state index is 12.4. The van der Waals surface area contributed by atoms with Gasteiger partial charge in [-0.1, -0.05) is 31.2 Å². The molecule has 0 aromatic carbocycles. The number of halogens is 3. The third-order valence-corrected chi connectivity index (χ3v) is 2.31. The van der Waals surface area contributed by atoms with E-state index in [1.54, 1.807) is 13.0 Å². The van der Waals surface area contributed by atoms with Crippen molar-refractivity contribution in [2.75, 3.05) is 6.61 Å². The molecule has 0 saturated carbocycles. The molecule has 1 unspecified atom stereocenters. The minimum Gasteiger partial charge on any atom is -0.392 e. The van der Waals surface area contributed by atoms with Gasteiger partial charge in [0.2, 0.25) is 0 Å². The number of aliphatic hydroxyl groups excluding tert-OH is 1. The Kier molecular flexibility index (Phi) is 3.74. The summed E-state index contributed by atoms with van der Waals surface area (Å²) in [6.07, 6.45) is 1.87. The van der Waals surface area contributed by atoms with E-state index in [1.807, 2.05) is 0 Å². The van der Waals surface area contributed by atoms with Gasteiger partial charge in [-0.2, -0.15) is 13.2 Å². The van der Waals surface area contributed by atoms with Crippen molar-refractivity contribution in [1.82, 2.24) is 0 Å². The molecule has 1 rings (SSSR count). The molecule has 1 nitrogen and oxygen atoms in total. The number of hydrogen-bond acceptors (Lipinski definition) is 1. The van der Waals surface area contributed by atoms with E-state index in [1.165, 1.54) is 12.2 Å². The second-order valence-corrected chi connectivity index (χ2v) is 3.55. The van der Waals surface area contributed by atoms with E-state index in [2.05, 4.69) is 0 Å². The summed E-state index contributed by atoms with van der Waals surface area (Å²) in [5.41, 5.74) is 0.327. The van der Waals surface area contributed by atoms with Gasteiger partial charge in [0.15, 0.2) is 0 Å². The zero-order valence-electron chi connectivity index (χ0n) is 8.38. The van der Waals surface area contributed by atoms with E-state index < -0.39 is 17.7 Å². The molecule has 0 fully saturated rings. The lowest BCUT2D eigenvalue weighted by molar-refractivity contribution is -0.0985. The van der Waals surface area contributed by atoms with Gasteiger partial charge in [-0.05, 0) is 17.9 Å². The van der Waals surface area contributed by atoms with Crippen molar-refractivity contribution in [3.63, 3.8) is 0 Å². The smallest absolute Gasteiger partial charge is 0.392 e. The predicted molar refractivity (Wildman–Crippen MR) is 52.2 cm³/mol. The fourth-order valence-electron chi connectivity index (χ4n) is 1.59. The highest BCUT2D eigenvalue weighted by Gasteiger charge is 2.37. The Labute approximate surface area is 86.6 Å². The average Bonchev–Trinajstić information content (AvgIpc) is 2.12. The van der Waals surface area contributed by atoms with Crippen LogP contribution in [0.1, 0.15) is 13.3 Å². The molecule has 0 saturated heterocycles. The van der Waals surface area contributed by atoms with E-state index in [-0.39, 0.29) is 6.61 Å². The van der Waals surface area contributed by atoms with Crippen LogP contribution < -0.4 is 0 Å². The van der Waals surface area contributed by atoms with Crippen LogP contribution in [0.3, 0.4) is 0 Å². The molecule has 0 aromatic heterocycles. The lowest BCUT2D eigenvalue weighted by Crippen LogP contribution is -2.20. The summed E-state index contributed by atoms with van der Waals surface area (Å²) in [5.74, 6) is -0.520. The van der Waals surface area contributed by atoms with Crippen molar-refractivity contribution in [3.05, 3.63) is 35.5 Å². The van der Waals surface area contributed by atoms with Gasteiger partial charge < -0.3 is 5.11 Å². The van der Waals surface area contributed by atoms with Gasteiger partial charge in [0.05, 0.1) is 6.61 Å². The third-order valence-electron chi connectivity index (χ3n) is 2.31. The molecular formula is C11H13F3O. The molecule has 0 amide bonds. The van der Waals surface area contributed by atoms with Crippen LogP contribution >= 0.6 is 0 Å². The second-order valence-electron chi connectivity index (χ2n) is 3.55. The monoisotopic (exact) mass is 218 g/mol. The molecule has 0 spiro atoms. The number of rotatable bonds is 2. The zero-order valence-corrected chi connectivity index (χ0v) is 8.38. The van der Waals surface area contributed by atoms with Crippen LogP contribution in [-0.2, 0) is 0 Å². The molecule has 0 aromatic rings. The summed E-state index contributed by atoms with van der Waals surface area (Å²) in [6, 6.07) is 0. The van der Waals surface area contributed by atoms with E-state index in [9.17, 15) is 13.2 Å². The Balaban J connectivity index is 2.84. The van der Waals surface area contributed by atoms with E-state index in [0.29, 0.717) is 6.42 Å².